The highest BCUT2D eigenvalue weighted by molar-refractivity contribution is 7.19. The molecular weight excluding hydrogens is 468 g/mol. The minimum Gasteiger partial charge on any atom is -0.478 e. The van der Waals surface area contributed by atoms with Crippen molar-refractivity contribution in [3.63, 3.8) is 0 Å². The van der Waals surface area contributed by atoms with Gasteiger partial charge in [0.05, 0.1) is 32.4 Å². The summed E-state index contributed by atoms with van der Waals surface area (Å²) in [6.07, 6.45) is 0. The second kappa shape index (κ2) is 7.24. The third-order valence-electron chi connectivity index (χ3n) is 3.94. The maximum Gasteiger partial charge on any atom is 0.335 e. The fourth-order valence-electron chi connectivity index (χ4n) is 2.75. The molecule has 0 aliphatic heterocycles. The van der Waals surface area contributed by atoms with Gasteiger partial charge in [-0.3, -0.25) is 0 Å². The Labute approximate surface area is 182 Å². The number of hydrogen-bond acceptors (Lipinski definition) is 5. The molecule has 6 nitrogen and oxygen atoms in total. The Balaban J connectivity index is 1.77. The van der Waals surface area contributed by atoms with Crippen LogP contribution in [0, 0.1) is 0 Å². The molecule has 1 N–H and O–H groups in total. The van der Waals surface area contributed by atoms with Gasteiger partial charge in [-0.1, -0.05) is 51.6 Å². The second-order valence-corrected chi connectivity index (χ2v) is 9.81. The Morgan fingerprint density at radius 1 is 1.21 bits per heavy atom. The highest BCUT2D eigenvalue weighted by Gasteiger charge is 2.31. The Morgan fingerprint density at radius 3 is 2.64 bits per heavy atom. The molecule has 0 aliphatic rings. The van der Waals surface area contributed by atoms with Crippen molar-refractivity contribution < 1.29 is 14.4 Å². The van der Waals surface area contributed by atoms with E-state index in [-0.39, 0.29) is 17.9 Å². The van der Waals surface area contributed by atoms with Crippen molar-refractivity contribution in [2.75, 3.05) is 0 Å². The SMILES string of the molecule is O=C(O)c1ccc2c(c1)nc(C(Cl)(Cl)Cl)n2Cc1cc(-c2ccc(Cl)s2)on1. The zero-order valence-corrected chi connectivity index (χ0v) is 17.5. The van der Waals surface area contributed by atoms with Crippen LogP contribution in [-0.2, 0) is 10.3 Å². The Kier molecular flexibility index (Phi) is 5.05. The van der Waals surface area contributed by atoms with Crippen LogP contribution in [-0.4, -0.2) is 25.8 Å². The standard InChI is InChI=1S/C17H9Cl4N3O3S/c18-14-4-3-13(28-14)12-6-9(23-27-12)7-24-11-2-1-8(15(25)26)5-10(11)22-16(24)17(19,20)21/h1-6H,7H2,(H,25,26). The average molecular weight is 477 g/mol. The first-order valence-corrected chi connectivity index (χ1v) is 10.1. The van der Waals surface area contributed by atoms with Crippen molar-refractivity contribution >= 4 is 74.7 Å². The minimum atomic E-state index is -1.81. The number of aromatic nitrogens is 3. The Hall–Kier alpha value is -1.77. The number of carboxylic acids is 1. The molecule has 28 heavy (non-hydrogen) atoms. The van der Waals surface area contributed by atoms with Crippen molar-refractivity contribution in [3.8, 4) is 10.6 Å². The summed E-state index contributed by atoms with van der Waals surface area (Å²) in [6.45, 7) is 0.217. The fraction of sp³-hybridized carbons (Fsp3) is 0.118. The molecule has 144 valence electrons. The predicted molar refractivity (Wildman–Crippen MR) is 110 cm³/mol. The van der Waals surface area contributed by atoms with E-state index in [2.05, 4.69) is 10.1 Å². The minimum absolute atomic E-state index is 0.0892. The van der Waals surface area contributed by atoms with Gasteiger partial charge in [0.2, 0.25) is 3.79 Å². The first-order chi connectivity index (χ1) is 13.2. The van der Waals surface area contributed by atoms with Gasteiger partial charge in [-0.15, -0.1) is 11.3 Å². The second-order valence-electron chi connectivity index (χ2n) is 5.81. The van der Waals surface area contributed by atoms with E-state index in [1.54, 1.807) is 22.8 Å². The zero-order chi connectivity index (χ0) is 20.1. The van der Waals surface area contributed by atoms with Gasteiger partial charge in [-0.25, -0.2) is 9.78 Å². The van der Waals surface area contributed by atoms with Crippen LogP contribution < -0.4 is 0 Å². The van der Waals surface area contributed by atoms with E-state index < -0.39 is 9.76 Å². The number of imidazole rings is 1. The van der Waals surface area contributed by atoms with E-state index in [4.69, 9.17) is 50.9 Å². The van der Waals surface area contributed by atoms with Crippen molar-refractivity contribution in [2.45, 2.75) is 10.3 Å². The van der Waals surface area contributed by atoms with E-state index >= 15 is 0 Å². The van der Waals surface area contributed by atoms with E-state index in [0.29, 0.717) is 26.8 Å². The maximum absolute atomic E-state index is 11.2. The number of fused-ring (bicyclic) bond motifs is 1. The number of nitrogens with zero attached hydrogens (tertiary/aromatic N) is 3. The quantitative estimate of drug-likeness (QED) is 0.366. The van der Waals surface area contributed by atoms with Crippen LogP contribution >= 0.6 is 57.7 Å². The lowest BCUT2D eigenvalue weighted by Crippen LogP contribution is -2.13. The fourth-order valence-corrected chi connectivity index (χ4v) is 4.17. The summed E-state index contributed by atoms with van der Waals surface area (Å²) < 4.78 is 5.89. The Morgan fingerprint density at radius 2 is 2.00 bits per heavy atom. The van der Waals surface area contributed by atoms with Crippen LogP contribution in [0.15, 0.2) is 40.9 Å². The summed E-state index contributed by atoms with van der Waals surface area (Å²) in [7, 11) is 0. The van der Waals surface area contributed by atoms with Gasteiger partial charge in [0.15, 0.2) is 11.6 Å². The van der Waals surface area contributed by atoms with Crippen LogP contribution in [0.25, 0.3) is 21.7 Å². The lowest BCUT2D eigenvalue weighted by atomic mass is 10.2. The van der Waals surface area contributed by atoms with Gasteiger partial charge < -0.3 is 14.2 Å². The molecule has 0 radical (unpaired) electrons. The molecule has 0 saturated carbocycles. The molecular formula is C17H9Cl4N3O3S. The number of halogens is 4. The van der Waals surface area contributed by atoms with Gasteiger partial charge >= 0.3 is 5.97 Å². The molecule has 3 heterocycles. The molecule has 0 saturated heterocycles. The first-order valence-electron chi connectivity index (χ1n) is 7.74. The highest BCUT2D eigenvalue weighted by Crippen LogP contribution is 2.39. The normalized spacial score (nSPS) is 12.0. The van der Waals surface area contributed by atoms with Crippen LogP contribution in [0.2, 0.25) is 4.34 Å². The third-order valence-corrected chi connectivity index (χ3v) is 5.70. The number of thiophene rings is 1. The number of carbonyl (C=O) groups is 1. The molecule has 3 aromatic heterocycles. The van der Waals surface area contributed by atoms with E-state index in [1.807, 2.05) is 6.07 Å². The summed E-state index contributed by atoms with van der Waals surface area (Å²) >= 11 is 25.6. The summed E-state index contributed by atoms with van der Waals surface area (Å²) in [5, 5.41) is 13.3. The van der Waals surface area contributed by atoms with Crippen molar-refractivity contribution in [1.82, 2.24) is 14.7 Å². The maximum atomic E-state index is 11.2. The largest absolute Gasteiger partial charge is 0.478 e. The zero-order valence-electron chi connectivity index (χ0n) is 13.7. The molecule has 11 heteroatoms. The lowest BCUT2D eigenvalue weighted by molar-refractivity contribution is 0.0697. The summed E-state index contributed by atoms with van der Waals surface area (Å²) in [4.78, 5) is 16.4. The van der Waals surface area contributed by atoms with Gasteiger partial charge in [0, 0.05) is 6.07 Å². The van der Waals surface area contributed by atoms with E-state index in [9.17, 15) is 9.90 Å². The van der Waals surface area contributed by atoms with Crippen LogP contribution in [0.3, 0.4) is 0 Å². The topological polar surface area (TPSA) is 81.1 Å². The molecule has 4 aromatic rings. The molecule has 4 rings (SSSR count). The molecule has 0 bridgehead atoms. The van der Waals surface area contributed by atoms with Gasteiger partial charge in [-0.05, 0) is 30.3 Å². The van der Waals surface area contributed by atoms with Crippen molar-refractivity contribution in [3.05, 3.63) is 57.8 Å². The molecule has 0 atom stereocenters. The van der Waals surface area contributed by atoms with Gasteiger partial charge in [0.1, 0.15) is 5.69 Å². The van der Waals surface area contributed by atoms with Gasteiger partial charge in [-0.2, -0.15) is 0 Å². The smallest absolute Gasteiger partial charge is 0.335 e. The average Bonchev–Trinajstić information content (AvgIpc) is 3.33. The molecule has 1 aromatic carbocycles. The van der Waals surface area contributed by atoms with Crippen LogP contribution in [0.5, 0.6) is 0 Å². The highest BCUT2D eigenvalue weighted by atomic mass is 35.6. The monoisotopic (exact) mass is 475 g/mol. The third kappa shape index (κ3) is 3.73. The van der Waals surface area contributed by atoms with Gasteiger partial charge in [0.25, 0.3) is 0 Å². The molecule has 0 fully saturated rings. The van der Waals surface area contributed by atoms with E-state index in [1.165, 1.54) is 23.5 Å². The Bertz CT molecular complexity index is 1190. The van der Waals surface area contributed by atoms with Crippen molar-refractivity contribution in [1.29, 1.82) is 0 Å². The number of alkyl halides is 3. The molecule has 0 amide bonds. The number of rotatable bonds is 4. The molecule has 0 aliphatic carbocycles. The van der Waals surface area contributed by atoms with Crippen LogP contribution in [0.4, 0.5) is 0 Å². The summed E-state index contributed by atoms with van der Waals surface area (Å²) in [5.41, 5.74) is 1.67. The number of hydrogen-bond donors (Lipinski definition) is 1. The van der Waals surface area contributed by atoms with E-state index in [0.717, 1.165) is 4.88 Å². The molecule has 0 spiro atoms. The number of aromatic carboxylic acids is 1. The first kappa shape index (κ1) is 19.5. The number of carboxylic acid groups (broad SMARTS) is 1. The van der Waals surface area contributed by atoms with Crippen LogP contribution in [0.1, 0.15) is 21.9 Å². The predicted octanol–water partition coefficient (Wildman–Crippen LogP) is 5.98. The summed E-state index contributed by atoms with van der Waals surface area (Å²) in [6, 6.07) is 9.88. The summed E-state index contributed by atoms with van der Waals surface area (Å²) in [5.74, 6) is -0.346. The number of benzene rings is 1. The van der Waals surface area contributed by atoms with Crippen molar-refractivity contribution in [2.24, 2.45) is 0 Å². The lowest BCUT2D eigenvalue weighted by Gasteiger charge is -2.13. The molecule has 0 unspecified atom stereocenters.